The molecule has 5 nitrogen and oxygen atoms in total. The third-order valence-electron chi connectivity index (χ3n) is 8.55. The summed E-state index contributed by atoms with van der Waals surface area (Å²) in [7, 11) is 0. The highest BCUT2D eigenvalue weighted by atomic mass is 16.3. The van der Waals surface area contributed by atoms with Gasteiger partial charge in [0.25, 0.3) is 0 Å². The molecule has 0 heterocycles. The summed E-state index contributed by atoms with van der Waals surface area (Å²) in [4.78, 5) is 2.94. The molecule has 0 unspecified atom stereocenters. The maximum absolute atomic E-state index is 10.6. The summed E-state index contributed by atoms with van der Waals surface area (Å²) in [6, 6.07) is -0.376. The molecule has 26 heavy (non-hydrogen) atoms. The van der Waals surface area contributed by atoms with Gasteiger partial charge in [-0.15, -0.1) is 0 Å². The number of azide groups is 1. The fraction of sp³-hybridized carbons (Fsp3) is 0.810. The number of allylic oxidation sites excluding steroid dienone is 3. The van der Waals surface area contributed by atoms with Crippen molar-refractivity contribution >= 4 is 0 Å². The Balaban J connectivity index is 1.74. The molecule has 4 rings (SSSR count). The first-order valence-electron chi connectivity index (χ1n) is 10.1. The molecule has 0 aliphatic heterocycles. The molecule has 0 amide bonds. The lowest BCUT2D eigenvalue weighted by Gasteiger charge is -2.51. The van der Waals surface area contributed by atoms with E-state index < -0.39 is 6.10 Å². The van der Waals surface area contributed by atoms with Gasteiger partial charge in [0.2, 0.25) is 0 Å². The largest absolute Gasteiger partial charge is 0.393 e. The Hall–Kier alpha value is -1.29. The number of aliphatic hydroxyl groups is 2. The molecule has 0 aromatic rings. The molecule has 0 saturated heterocycles. The fourth-order valence-corrected chi connectivity index (χ4v) is 6.65. The van der Waals surface area contributed by atoms with Crippen molar-refractivity contribution in [2.75, 3.05) is 0 Å². The van der Waals surface area contributed by atoms with Crippen LogP contribution in [-0.4, -0.2) is 28.5 Å². The third-order valence-corrected chi connectivity index (χ3v) is 8.55. The van der Waals surface area contributed by atoms with Gasteiger partial charge in [0.15, 0.2) is 0 Å². The van der Waals surface area contributed by atoms with E-state index in [2.05, 4.69) is 36.9 Å². The van der Waals surface area contributed by atoms with Crippen LogP contribution in [0.2, 0.25) is 0 Å². The molecule has 5 heteroatoms. The second-order valence-electron chi connectivity index (χ2n) is 9.89. The Kier molecular flexibility index (Phi) is 4.07. The van der Waals surface area contributed by atoms with Crippen LogP contribution in [0.4, 0.5) is 0 Å². The standard InChI is InChI=1S/C21H31N3O2/c1-19-8-9-20(2)13(6-7-21(3)17(20)4-5-18(21)26)10-14(19)11-16(25)15(12-19)23-24-22/h10-11,15-18,25-26H,4-9,12H2,1-3H3/t15-,16-,17-,18-,19-,20-,21-/m0/s1. The minimum atomic E-state index is -0.697. The summed E-state index contributed by atoms with van der Waals surface area (Å²) in [5, 5.41) is 24.9. The van der Waals surface area contributed by atoms with Crippen molar-refractivity contribution in [2.24, 2.45) is 27.3 Å². The van der Waals surface area contributed by atoms with E-state index in [4.69, 9.17) is 5.53 Å². The second kappa shape index (κ2) is 5.85. The predicted molar refractivity (Wildman–Crippen MR) is 101 cm³/mol. The van der Waals surface area contributed by atoms with E-state index in [-0.39, 0.29) is 28.4 Å². The molecule has 2 N–H and O–H groups in total. The molecule has 0 radical (unpaired) electrons. The topological polar surface area (TPSA) is 89.2 Å². The van der Waals surface area contributed by atoms with Gasteiger partial charge < -0.3 is 10.2 Å². The molecule has 2 fully saturated rings. The highest BCUT2D eigenvalue weighted by Gasteiger charge is 2.58. The monoisotopic (exact) mass is 357 g/mol. The van der Waals surface area contributed by atoms with Crippen LogP contribution < -0.4 is 0 Å². The van der Waals surface area contributed by atoms with Gasteiger partial charge in [0, 0.05) is 4.91 Å². The number of nitrogens with zero attached hydrogens (tertiary/aromatic N) is 3. The van der Waals surface area contributed by atoms with Crippen molar-refractivity contribution < 1.29 is 10.2 Å². The van der Waals surface area contributed by atoms with Crippen LogP contribution in [0.15, 0.2) is 28.4 Å². The number of fused-ring (bicyclic) bond motifs is 4. The second-order valence-corrected chi connectivity index (χ2v) is 9.89. The molecule has 2 saturated carbocycles. The lowest BCUT2D eigenvalue weighted by molar-refractivity contribution is -0.0267. The van der Waals surface area contributed by atoms with Gasteiger partial charge in [-0.1, -0.05) is 43.6 Å². The molecule has 0 aromatic carbocycles. The van der Waals surface area contributed by atoms with E-state index in [1.54, 1.807) is 0 Å². The van der Waals surface area contributed by atoms with Crippen molar-refractivity contribution in [1.82, 2.24) is 0 Å². The molecular weight excluding hydrogens is 326 g/mol. The highest BCUT2D eigenvalue weighted by Crippen LogP contribution is 2.65. The van der Waals surface area contributed by atoms with Gasteiger partial charge in [0.1, 0.15) is 0 Å². The Morgan fingerprint density at radius 3 is 2.65 bits per heavy atom. The number of hydrogen-bond acceptors (Lipinski definition) is 3. The molecular formula is C21H31N3O2. The molecule has 0 aromatic heterocycles. The molecule has 4 aliphatic carbocycles. The normalized spacial score (nSPS) is 50.3. The van der Waals surface area contributed by atoms with Crippen LogP contribution in [0.5, 0.6) is 0 Å². The first-order valence-corrected chi connectivity index (χ1v) is 10.1. The molecule has 7 atom stereocenters. The fourth-order valence-electron chi connectivity index (χ4n) is 6.65. The smallest absolute Gasteiger partial charge is 0.0811 e. The van der Waals surface area contributed by atoms with E-state index in [0.29, 0.717) is 12.3 Å². The van der Waals surface area contributed by atoms with Gasteiger partial charge >= 0.3 is 0 Å². The number of rotatable bonds is 1. The van der Waals surface area contributed by atoms with Crippen molar-refractivity contribution in [3.63, 3.8) is 0 Å². The van der Waals surface area contributed by atoms with Gasteiger partial charge in [-0.25, -0.2) is 0 Å². The zero-order chi connectivity index (χ0) is 18.7. The molecule has 142 valence electrons. The van der Waals surface area contributed by atoms with Crippen LogP contribution >= 0.6 is 0 Å². The van der Waals surface area contributed by atoms with Crippen LogP contribution in [0.3, 0.4) is 0 Å². The highest BCUT2D eigenvalue weighted by molar-refractivity contribution is 5.40. The number of hydrogen-bond donors (Lipinski definition) is 2. The van der Waals surface area contributed by atoms with Crippen LogP contribution in [0.1, 0.15) is 65.7 Å². The van der Waals surface area contributed by atoms with E-state index in [1.165, 1.54) is 11.1 Å². The minimum Gasteiger partial charge on any atom is -0.393 e. The minimum absolute atomic E-state index is 0.0318. The van der Waals surface area contributed by atoms with Crippen LogP contribution in [0.25, 0.3) is 10.4 Å². The third kappa shape index (κ3) is 2.41. The maximum Gasteiger partial charge on any atom is 0.0811 e. The average Bonchev–Trinajstić information content (AvgIpc) is 2.84. The Morgan fingerprint density at radius 1 is 1.15 bits per heavy atom. The van der Waals surface area contributed by atoms with E-state index in [0.717, 1.165) is 38.5 Å². The van der Waals surface area contributed by atoms with Crippen molar-refractivity contribution in [3.05, 3.63) is 33.7 Å². The van der Waals surface area contributed by atoms with Gasteiger partial charge in [-0.2, -0.15) is 0 Å². The summed E-state index contributed by atoms with van der Waals surface area (Å²) in [6.45, 7) is 6.95. The summed E-state index contributed by atoms with van der Waals surface area (Å²) in [6.07, 6.45) is 10.3. The van der Waals surface area contributed by atoms with E-state index in [1.807, 2.05) is 6.08 Å². The van der Waals surface area contributed by atoms with Crippen molar-refractivity contribution in [3.8, 4) is 0 Å². The molecule has 0 spiro atoms. The van der Waals surface area contributed by atoms with Gasteiger partial charge in [-0.3, -0.25) is 0 Å². The predicted octanol–water partition coefficient (Wildman–Crippen LogP) is 4.66. The van der Waals surface area contributed by atoms with E-state index in [9.17, 15) is 10.2 Å². The van der Waals surface area contributed by atoms with Gasteiger partial charge in [0.05, 0.1) is 18.2 Å². The Morgan fingerprint density at radius 2 is 1.92 bits per heavy atom. The molecule has 4 aliphatic rings. The quantitative estimate of drug-likeness (QED) is 0.406. The maximum atomic E-state index is 10.6. The summed E-state index contributed by atoms with van der Waals surface area (Å²) in [5.41, 5.74) is 11.6. The van der Waals surface area contributed by atoms with Crippen LogP contribution in [0, 0.1) is 22.2 Å². The summed E-state index contributed by atoms with van der Waals surface area (Å²) < 4.78 is 0. The Bertz CT molecular complexity index is 725. The van der Waals surface area contributed by atoms with Crippen LogP contribution in [-0.2, 0) is 0 Å². The zero-order valence-corrected chi connectivity index (χ0v) is 16.1. The summed E-state index contributed by atoms with van der Waals surface area (Å²) >= 11 is 0. The van der Waals surface area contributed by atoms with Crippen molar-refractivity contribution in [2.45, 2.75) is 84.0 Å². The van der Waals surface area contributed by atoms with Gasteiger partial charge in [-0.05, 0) is 78.2 Å². The average molecular weight is 357 g/mol. The lowest BCUT2D eigenvalue weighted by Crippen LogP contribution is -2.46. The lowest BCUT2D eigenvalue weighted by atomic mass is 9.53. The first kappa shape index (κ1) is 18.1. The first-order chi connectivity index (χ1) is 12.2. The summed E-state index contributed by atoms with van der Waals surface area (Å²) in [5.74, 6) is 0.521. The SMILES string of the molecule is C[C@@]12CC[C@@]3(C)C(=CC1=C[C@H](O)[C@@H](N=[N+]=[N-])C2)CC[C@@]1(C)[C@H]3CC[C@@H]1O. The molecule has 0 bridgehead atoms. The van der Waals surface area contributed by atoms with E-state index >= 15 is 0 Å². The Labute approximate surface area is 155 Å². The number of aliphatic hydroxyl groups excluding tert-OH is 2. The zero-order valence-electron chi connectivity index (χ0n) is 16.1. The van der Waals surface area contributed by atoms with Crippen molar-refractivity contribution in [1.29, 1.82) is 0 Å².